The van der Waals surface area contributed by atoms with Gasteiger partial charge in [-0.05, 0) is 43.0 Å². The highest BCUT2D eigenvalue weighted by Gasteiger charge is 2.26. The van der Waals surface area contributed by atoms with Crippen LogP contribution in [0, 0.1) is 11.7 Å². The van der Waals surface area contributed by atoms with Crippen molar-refractivity contribution in [2.24, 2.45) is 5.92 Å². The maximum Gasteiger partial charge on any atom is 0.253 e. The summed E-state index contributed by atoms with van der Waals surface area (Å²) >= 11 is 0. The third-order valence-corrected chi connectivity index (χ3v) is 4.21. The average molecular weight is 313 g/mol. The first-order valence-corrected chi connectivity index (χ1v) is 7.95. The maximum absolute atomic E-state index is 13.5. The highest BCUT2D eigenvalue weighted by molar-refractivity contribution is 5.94. The van der Waals surface area contributed by atoms with Gasteiger partial charge in [-0.3, -0.25) is 4.79 Å². The zero-order chi connectivity index (χ0) is 16.1. The summed E-state index contributed by atoms with van der Waals surface area (Å²) < 4.78 is 19.0. The van der Waals surface area contributed by atoms with Gasteiger partial charge in [-0.15, -0.1) is 0 Å². The molecule has 0 spiro atoms. The number of nitrogens with zero attached hydrogens (tertiary/aromatic N) is 1. The molecule has 120 valence electrons. The van der Waals surface area contributed by atoms with Crippen LogP contribution in [0.3, 0.4) is 0 Å². The van der Waals surface area contributed by atoms with Gasteiger partial charge < -0.3 is 9.64 Å². The zero-order valence-corrected chi connectivity index (χ0v) is 13.0. The van der Waals surface area contributed by atoms with Crippen molar-refractivity contribution in [3.05, 3.63) is 66.0 Å². The molecule has 2 aromatic rings. The first-order valence-electron chi connectivity index (χ1n) is 7.95. The predicted octanol–water partition coefficient (Wildman–Crippen LogP) is 3.76. The molecule has 1 unspecified atom stereocenters. The van der Waals surface area contributed by atoms with E-state index < -0.39 is 0 Å². The lowest BCUT2D eigenvalue weighted by molar-refractivity contribution is 0.0785. The molecule has 4 heteroatoms. The molecule has 3 rings (SSSR count). The van der Waals surface area contributed by atoms with Crippen LogP contribution in [0.2, 0.25) is 0 Å². The second kappa shape index (κ2) is 7.27. The zero-order valence-electron chi connectivity index (χ0n) is 13.0. The fourth-order valence-corrected chi connectivity index (χ4v) is 2.91. The van der Waals surface area contributed by atoms with E-state index in [9.17, 15) is 9.18 Å². The third kappa shape index (κ3) is 3.89. The molecule has 0 aromatic heterocycles. The molecular weight excluding hydrogens is 293 g/mol. The molecule has 1 atom stereocenters. The Morgan fingerprint density at radius 1 is 1.13 bits per heavy atom. The number of para-hydroxylation sites is 1. The van der Waals surface area contributed by atoms with E-state index in [1.807, 2.05) is 35.2 Å². The number of ether oxygens (including phenoxy) is 1. The minimum absolute atomic E-state index is 0.0862. The summed E-state index contributed by atoms with van der Waals surface area (Å²) in [6.45, 7) is 1.99. The highest BCUT2D eigenvalue weighted by atomic mass is 19.1. The van der Waals surface area contributed by atoms with Gasteiger partial charge in [0.05, 0.1) is 6.61 Å². The van der Waals surface area contributed by atoms with Crippen LogP contribution in [0.4, 0.5) is 4.39 Å². The number of carbonyl (C=O) groups excluding carboxylic acids is 1. The monoisotopic (exact) mass is 313 g/mol. The van der Waals surface area contributed by atoms with Crippen LogP contribution in [0.5, 0.6) is 5.75 Å². The summed E-state index contributed by atoms with van der Waals surface area (Å²) in [6, 6.07) is 15.8. The van der Waals surface area contributed by atoms with E-state index in [1.54, 1.807) is 18.2 Å². The summed E-state index contributed by atoms with van der Waals surface area (Å²) in [5.41, 5.74) is 0.732. The molecular formula is C19H20FNO2. The topological polar surface area (TPSA) is 29.5 Å². The van der Waals surface area contributed by atoms with Crippen molar-refractivity contribution in [3.63, 3.8) is 0 Å². The highest BCUT2D eigenvalue weighted by Crippen LogP contribution is 2.22. The molecule has 1 aliphatic rings. The van der Waals surface area contributed by atoms with Crippen molar-refractivity contribution < 1.29 is 13.9 Å². The van der Waals surface area contributed by atoms with Crippen LogP contribution in [-0.4, -0.2) is 30.5 Å². The molecule has 0 radical (unpaired) electrons. The van der Waals surface area contributed by atoms with E-state index >= 15 is 0 Å². The maximum atomic E-state index is 13.5. The third-order valence-electron chi connectivity index (χ3n) is 4.21. The van der Waals surface area contributed by atoms with Crippen LogP contribution < -0.4 is 4.74 Å². The Bertz CT molecular complexity index is 659. The summed E-state index contributed by atoms with van der Waals surface area (Å²) in [5.74, 6) is 0.458. The average Bonchev–Trinajstić information content (AvgIpc) is 3.06. The van der Waals surface area contributed by atoms with Gasteiger partial charge in [0.15, 0.2) is 11.6 Å². The van der Waals surface area contributed by atoms with E-state index in [4.69, 9.17) is 4.74 Å². The quantitative estimate of drug-likeness (QED) is 0.841. The Morgan fingerprint density at radius 3 is 2.65 bits per heavy atom. The lowest BCUT2D eigenvalue weighted by Crippen LogP contribution is -2.28. The number of carbonyl (C=O) groups is 1. The van der Waals surface area contributed by atoms with Crippen LogP contribution in [0.1, 0.15) is 23.2 Å². The smallest absolute Gasteiger partial charge is 0.253 e. The van der Waals surface area contributed by atoms with Crippen molar-refractivity contribution in [1.29, 1.82) is 0 Å². The number of hydrogen-bond donors (Lipinski definition) is 0. The molecule has 1 amide bonds. The molecule has 23 heavy (non-hydrogen) atoms. The molecule has 0 aliphatic carbocycles. The van der Waals surface area contributed by atoms with Crippen LogP contribution in [-0.2, 0) is 0 Å². The van der Waals surface area contributed by atoms with Crippen molar-refractivity contribution in [2.75, 3.05) is 19.7 Å². The molecule has 1 heterocycles. The number of hydrogen-bond acceptors (Lipinski definition) is 2. The van der Waals surface area contributed by atoms with Gasteiger partial charge in [0.1, 0.15) is 0 Å². The number of halogens is 1. The molecule has 1 fully saturated rings. The van der Waals surface area contributed by atoms with E-state index in [0.29, 0.717) is 18.3 Å². The molecule has 0 N–H and O–H groups in total. The number of rotatable bonds is 5. The summed E-state index contributed by atoms with van der Waals surface area (Å²) in [5, 5.41) is 0. The van der Waals surface area contributed by atoms with E-state index in [0.717, 1.165) is 31.5 Å². The van der Waals surface area contributed by atoms with Gasteiger partial charge >= 0.3 is 0 Å². The summed E-state index contributed by atoms with van der Waals surface area (Å²) in [7, 11) is 0. The van der Waals surface area contributed by atoms with Gasteiger partial charge in [-0.2, -0.15) is 0 Å². The van der Waals surface area contributed by atoms with Crippen molar-refractivity contribution in [2.45, 2.75) is 12.8 Å². The molecule has 0 bridgehead atoms. The lowest BCUT2D eigenvalue weighted by atomic mass is 10.1. The fraction of sp³-hybridized carbons (Fsp3) is 0.316. The van der Waals surface area contributed by atoms with Crippen molar-refractivity contribution in [3.8, 4) is 5.75 Å². The molecule has 1 saturated heterocycles. The Morgan fingerprint density at radius 2 is 1.87 bits per heavy atom. The predicted molar refractivity (Wildman–Crippen MR) is 87.0 cm³/mol. The minimum Gasteiger partial charge on any atom is -0.491 e. The largest absolute Gasteiger partial charge is 0.491 e. The van der Waals surface area contributed by atoms with Crippen LogP contribution >= 0.6 is 0 Å². The van der Waals surface area contributed by atoms with Crippen molar-refractivity contribution in [1.82, 2.24) is 4.90 Å². The number of amides is 1. The minimum atomic E-state index is -0.334. The summed E-state index contributed by atoms with van der Waals surface area (Å²) in [4.78, 5) is 14.3. The SMILES string of the molecule is O=C(c1ccccc1)N1CCC(CCOc2ccccc2F)C1. The Hall–Kier alpha value is -2.36. The first-order chi connectivity index (χ1) is 11.2. The van der Waals surface area contributed by atoms with Crippen LogP contribution in [0.15, 0.2) is 54.6 Å². The van der Waals surface area contributed by atoms with Crippen molar-refractivity contribution >= 4 is 5.91 Å². The Kier molecular flexibility index (Phi) is 4.91. The number of benzene rings is 2. The summed E-state index contributed by atoms with van der Waals surface area (Å²) in [6.07, 6.45) is 1.80. The molecule has 0 saturated carbocycles. The van der Waals surface area contributed by atoms with Gasteiger partial charge in [0.25, 0.3) is 5.91 Å². The van der Waals surface area contributed by atoms with Crippen LogP contribution in [0.25, 0.3) is 0 Å². The first kappa shape index (κ1) is 15.5. The molecule has 3 nitrogen and oxygen atoms in total. The van der Waals surface area contributed by atoms with E-state index in [-0.39, 0.29) is 11.7 Å². The second-order valence-corrected chi connectivity index (χ2v) is 5.84. The van der Waals surface area contributed by atoms with Gasteiger partial charge in [0, 0.05) is 18.7 Å². The van der Waals surface area contributed by atoms with Gasteiger partial charge in [-0.25, -0.2) is 4.39 Å². The standard InChI is InChI=1S/C19H20FNO2/c20-17-8-4-5-9-18(17)23-13-11-15-10-12-21(14-15)19(22)16-6-2-1-3-7-16/h1-9,15H,10-14H2. The lowest BCUT2D eigenvalue weighted by Gasteiger charge is -2.16. The van der Waals surface area contributed by atoms with E-state index in [2.05, 4.69) is 0 Å². The van der Waals surface area contributed by atoms with Gasteiger partial charge in [0.2, 0.25) is 0 Å². The molecule has 1 aliphatic heterocycles. The Balaban J connectivity index is 1.47. The normalized spacial score (nSPS) is 17.3. The Labute approximate surface area is 135 Å². The number of likely N-dealkylation sites (tertiary alicyclic amines) is 1. The van der Waals surface area contributed by atoms with E-state index in [1.165, 1.54) is 6.07 Å². The van der Waals surface area contributed by atoms with Gasteiger partial charge in [-0.1, -0.05) is 30.3 Å². The fourth-order valence-electron chi connectivity index (χ4n) is 2.91. The molecule has 2 aromatic carbocycles. The second-order valence-electron chi connectivity index (χ2n) is 5.84.